The molecule has 0 spiro atoms. The van der Waals surface area contributed by atoms with E-state index in [9.17, 15) is 4.79 Å². The second-order valence-electron chi connectivity index (χ2n) is 3.91. The molecule has 92 valence electrons. The van der Waals surface area contributed by atoms with Crippen LogP contribution in [0.5, 0.6) is 5.75 Å². The Morgan fingerprint density at radius 2 is 2.06 bits per heavy atom. The molecular formula is C11H9BrCl2O3. The van der Waals surface area contributed by atoms with Crippen molar-refractivity contribution in [1.29, 1.82) is 0 Å². The van der Waals surface area contributed by atoms with Crippen LogP contribution in [0.15, 0.2) is 16.6 Å². The summed E-state index contributed by atoms with van der Waals surface area (Å²) in [6.07, 6.45) is 0.905. The lowest BCUT2D eigenvalue weighted by Gasteiger charge is -2.16. The third-order valence-corrected chi connectivity index (χ3v) is 4.01. The van der Waals surface area contributed by atoms with E-state index in [4.69, 9.17) is 33.0 Å². The van der Waals surface area contributed by atoms with Crippen molar-refractivity contribution in [2.75, 3.05) is 0 Å². The smallest absolute Gasteiger partial charge is 0.345 e. The normalized spacial score (nSPS) is 16.6. The van der Waals surface area contributed by atoms with Gasteiger partial charge in [-0.2, -0.15) is 0 Å². The molecule has 1 aliphatic rings. The largest absolute Gasteiger partial charge is 0.478 e. The molecule has 1 unspecified atom stereocenters. The number of aliphatic carboxylic acids is 1. The molecule has 1 fully saturated rings. The van der Waals surface area contributed by atoms with E-state index in [1.54, 1.807) is 6.07 Å². The Morgan fingerprint density at radius 1 is 1.41 bits per heavy atom. The summed E-state index contributed by atoms with van der Waals surface area (Å²) in [7, 11) is 0. The molecular weight excluding hydrogens is 331 g/mol. The number of rotatable bonds is 4. The summed E-state index contributed by atoms with van der Waals surface area (Å²) in [6, 6.07) is 3.11. The van der Waals surface area contributed by atoms with Crippen molar-refractivity contribution in [3.63, 3.8) is 0 Å². The molecule has 1 saturated carbocycles. The van der Waals surface area contributed by atoms with Gasteiger partial charge in [0, 0.05) is 16.5 Å². The maximum Gasteiger partial charge on any atom is 0.345 e. The Kier molecular flexibility index (Phi) is 3.85. The van der Waals surface area contributed by atoms with Gasteiger partial charge >= 0.3 is 5.97 Å². The summed E-state index contributed by atoms with van der Waals surface area (Å²) >= 11 is 15.1. The predicted molar refractivity (Wildman–Crippen MR) is 68.9 cm³/mol. The van der Waals surface area contributed by atoms with Gasteiger partial charge in [0.2, 0.25) is 0 Å². The predicted octanol–water partition coefficient (Wildman–Crippen LogP) is 4.00. The first-order valence-corrected chi connectivity index (χ1v) is 6.58. The first-order valence-electron chi connectivity index (χ1n) is 5.03. The number of ether oxygens (including phenoxy) is 1. The van der Waals surface area contributed by atoms with Gasteiger partial charge in [-0.3, -0.25) is 0 Å². The Labute approximate surface area is 117 Å². The molecule has 0 saturated heterocycles. The molecule has 3 nitrogen and oxygen atoms in total. The number of hydrogen-bond donors (Lipinski definition) is 1. The van der Waals surface area contributed by atoms with E-state index in [2.05, 4.69) is 15.9 Å². The molecule has 1 aromatic carbocycles. The standard InChI is InChI=1S/C11H9BrCl2O3/c12-6-3-8(14)9(4-7(6)13)17-10(11(15)16)5-1-2-5/h3-5,10H,1-2H2,(H,15,16). The van der Waals surface area contributed by atoms with Gasteiger partial charge in [-0.05, 0) is 34.8 Å². The minimum absolute atomic E-state index is 0.0750. The van der Waals surface area contributed by atoms with Crippen LogP contribution in [0.25, 0.3) is 0 Å². The molecule has 0 bridgehead atoms. The minimum atomic E-state index is -0.970. The molecule has 0 amide bonds. The highest BCUT2D eigenvalue weighted by atomic mass is 79.9. The van der Waals surface area contributed by atoms with Crippen molar-refractivity contribution in [1.82, 2.24) is 0 Å². The van der Waals surface area contributed by atoms with Crippen molar-refractivity contribution in [2.45, 2.75) is 18.9 Å². The van der Waals surface area contributed by atoms with Crippen LogP contribution < -0.4 is 4.74 Å². The maximum absolute atomic E-state index is 11.0. The topological polar surface area (TPSA) is 46.5 Å². The number of hydrogen-bond acceptors (Lipinski definition) is 2. The van der Waals surface area contributed by atoms with E-state index >= 15 is 0 Å². The molecule has 0 radical (unpaired) electrons. The minimum Gasteiger partial charge on any atom is -0.478 e. The highest BCUT2D eigenvalue weighted by Gasteiger charge is 2.38. The van der Waals surface area contributed by atoms with Crippen LogP contribution in [0.4, 0.5) is 0 Å². The summed E-state index contributed by atoms with van der Waals surface area (Å²) < 4.78 is 6.08. The van der Waals surface area contributed by atoms with Gasteiger partial charge in [-0.1, -0.05) is 23.2 Å². The van der Waals surface area contributed by atoms with Crippen LogP contribution in [-0.2, 0) is 4.79 Å². The average Bonchev–Trinajstić information content (AvgIpc) is 3.04. The molecule has 1 aliphatic carbocycles. The fraction of sp³-hybridized carbons (Fsp3) is 0.364. The summed E-state index contributed by atoms with van der Waals surface area (Å²) in [4.78, 5) is 11.0. The first-order chi connectivity index (χ1) is 7.99. The van der Waals surface area contributed by atoms with E-state index < -0.39 is 12.1 Å². The van der Waals surface area contributed by atoms with Gasteiger partial charge in [0.15, 0.2) is 6.10 Å². The van der Waals surface area contributed by atoms with Gasteiger partial charge < -0.3 is 9.84 Å². The van der Waals surface area contributed by atoms with Crippen molar-refractivity contribution in [3.8, 4) is 5.75 Å². The van der Waals surface area contributed by atoms with Crippen LogP contribution in [0.1, 0.15) is 12.8 Å². The van der Waals surface area contributed by atoms with Crippen molar-refractivity contribution >= 4 is 45.1 Å². The van der Waals surface area contributed by atoms with Crippen molar-refractivity contribution in [3.05, 3.63) is 26.7 Å². The summed E-state index contributed by atoms with van der Waals surface area (Å²) in [5, 5.41) is 9.82. The average molecular weight is 340 g/mol. The fourth-order valence-corrected chi connectivity index (χ4v) is 2.32. The zero-order valence-corrected chi connectivity index (χ0v) is 11.7. The molecule has 6 heteroatoms. The van der Waals surface area contributed by atoms with Crippen LogP contribution in [-0.4, -0.2) is 17.2 Å². The lowest BCUT2D eigenvalue weighted by Crippen LogP contribution is -2.29. The number of carboxylic acid groups (broad SMARTS) is 1. The first kappa shape index (κ1) is 13.0. The molecule has 1 N–H and O–H groups in total. The molecule has 17 heavy (non-hydrogen) atoms. The third kappa shape index (κ3) is 3.06. The summed E-state index contributed by atoms with van der Waals surface area (Å²) in [5.41, 5.74) is 0. The molecule has 0 aromatic heterocycles. The molecule has 0 aliphatic heterocycles. The zero-order valence-electron chi connectivity index (χ0n) is 8.62. The van der Waals surface area contributed by atoms with Crippen LogP contribution in [0.2, 0.25) is 10.0 Å². The third-order valence-electron chi connectivity index (χ3n) is 2.52. The van der Waals surface area contributed by atoms with Crippen molar-refractivity contribution in [2.24, 2.45) is 5.92 Å². The van der Waals surface area contributed by atoms with Gasteiger partial charge in [0.25, 0.3) is 0 Å². The second kappa shape index (κ2) is 5.04. The Morgan fingerprint density at radius 3 is 2.59 bits per heavy atom. The van der Waals surface area contributed by atoms with Crippen LogP contribution in [0.3, 0.4) is 0 Å². The lowest BCUT2D eigenvalue weighted by atomic mass is 10.2. The molecule has 2 rings (SSSR count). The number of carboxylic acids is 1. The molecule has 1 atom stereocenters. The second-order valence-corrected chi connectivity index (χ2v) is 5.58. The van der Waals surface area contributed by atoms with Gasteiger partial charge in [-0.25, -0.2) is 4.79 Å². The quantitative estimate of drug-likeness (QED) is 0.843. The van der Waals surface area contributed by atoms with Gasteiger partial charge in [-0.15, -0.1) is 0 Å². The summed E-state index contributed by atoms with van der Waals surface area (Å²) in [6.45, 7) is 0. The molecule has 0 heterocycles. The highest BCUT2D eigenvalue weighted by molar-refractivity contribution is 9.10. The monoisotopic (exact) mass is 338 g/mol. The van der Waals surface area contributed by atoms with Gasteiger partial charge in [0.1, 0.15) is 5.75 Å². The number of carbonyl (C=O) groups is 1. The Bertz CT molecular complexity index is 460. The van der Waals surface area contributed by atoms with Crippen LogP contribution >= 0.6 is 39.1 Å². The van der Waals surface area contributed by atoms with Crippen LogP contribution in [0, 0.1) is 5.92 Å². The zero-order chi connectivity index (χ0) is 12.6. The molecule has 1 aromatic rings. The van der Waals surface area contributed by atoms with E-state index in [1.165, 1.54) is 6.07 Å². The maximum atomic E-state index is 11.0. The van der Waals surface area contributed by atoms with E-state index in [0.717, 1.165) is 12.8 Å². The van der Waals surface area contributed by atoms with Crippen molar-refractivity contribution < 1.29 is 14.6 Å². The lowest BCUT2D eigenvalue weighted by molar-refractivity contribution is -0.146. The van der Waals surface area contributed by atoms with E-state index in [-0.39, 0.29) is 5.92 Å². The fourth-order valence-electron chi connectivity index (χ4n) is 1.48. The number of halogens is 3. The van der Waals surface area contributed by atoms with E-state index in [1.807, 2.05) is 0 Å². The highest BCUT2D eigenvalue weighted by Crippen LogP contribution is 2.39. The SMILES string of the molecule is O=C(O)C(Oc1cc(Cl)c(Br)cc1Cl)C1CC1. The van der Waals surface area contributed by atoms with E-state index in [0.29, 0.717) is 20.3 Å². The Balaban J connectivity index is 2.22. The Hall–Kier alpha value is -0.450. The number of benzene rings is 1. The summed E-state index contributed by atoms with van der Waals surface area (Å²) in [5.74, 6) is -0.590. The van der Waals surface area contributed by atoms with Gasteiger partial charge in [0.05, 0.1) is 10.0 Å².